The summed E-state index contributed by atoms with van der Waals surface area (Å²) in [5, 5.41) is 0. The van der Waals surface area contributed by atoms with Crippen LogP contribution < -0.4 is 0 Å². The third-order valence-electron chi connectivity index (χ3n) is 12.3. The van der Waals surface area contributed by atoms with Crippen LogP contribution in [0.1, 0.15) is 112 Å². The summed E-state index contributed by atoms with van der Waals surface area (Å²) in [4.78, 5) is 0. The standard InChI is InChI=1S/C29H52O8S2/c1-7-20(18(2)3)9-8-19(4)23-10-11-24-22-17-27(37-39(33,34)35)26-16-21(36-38(30,31)32)12-14-29(26,6)25(22)13-15-28(23,24)5/h18-27H,7-17H2,1-6H3,(H,30,31,32)(H,33,34,35)/t19-,20-,21+,22+,23-,24+,25+,26-,27-,28-,29-/m1/s1. The lowest BCUT2D eigenvalue weighted by molar-refractivity contribution is -0.164. The average Bonchev–Trinajstić information content (AvgIpc) is 3.15. The van der Waals surface area contributed by atoms with Gasteiger partial charge in [-0.25, -0.2) is 8.37 Å². The van der Waals surface area contributed by atoms with Gasteiger partial charge in [0, 0.05) is 0 Å². The van der Waals surface area contributed by atoms with Crippen molar-refractivity contribution in [2.45, 2.75) is 124 Å². The first-order chi connectivity index (χ1) is 18.0. The molecule has 4 aliphatic carbocycles. The first-order valence-electron chi connectivity index (χ1n) is 15.3. The minimum Gasteiger partial charge on any atom is -0.264 e. The van der Waals surface area contributed by atoms with E-state index in [1.165, 1.54) is 25.7 Å². The highest BCUT2D eigenvalue weighted by atomic mass is 32.3. The van der Waals surface area contributed by atoms with Crippen LogP contribution in [0.5, 0.6) is 0 Å². The quantitative estimate of drug-likeness (QED) is 0.267. The van der Waals surface area contributed by atoms with Crippen LogP contribution in [0.25, 0.3) is 0 Å². The lowest BCUT2D eigenvalue weighted by Gasteiger charge is -2.62. The Morgan fingerprint density at radius 1 is 0.795 bits per heavy atom. The molecule has 0 unspecified atom stereocenters. The fraction of sp³-hybridized carbons (Fsp3) is 1.00. The molecule has 0 radical (unpaired) electrons. The van der Waals surface area contributed by atoms with Crippen LogP contribution in [0, 0.1) is 58.2 Å². The van der Waals surface area contributed by atoms with Gasteiger partial charge in [-0.3, -0.25) is 9.11 Å². The van der Waals surface area contributed by atoms with E-state index in [-0.39, 0.29) is 23.2 Å². The summed E-state index contributed by atoms with van der Waals surface area (Å²) >= 11 is 0. The number of hydrogen-bond acceptors (Lipinski definition) is 6. The molecule has 2 N–H and O–H groups in total. The number of fused-ring (bicyclic) bond motifs is 5. The second kappa shape index (κ2) is 11.4. The van der Waals surface area contributed by atoms with Gasteiger partial charge in [0.1, 0.15) is 0 Å². The molecule has 8 nitrogen and oxygen atoms in total. The van der Waals surface area contributed by atoms with Crippen molar-refractivity contribution in [2.24, 2.45) is 58.2 Å². The van der Waals surface area contributed by atoms with E-state index in [4.69, 9.17) is 8.37 Å². The molecule has 0 bridgehead atoms. The predicted octanol–water partition coefficient (Wildman–Crippen LogP) is 6.73. The summed E-state index contributed by atoms with van der Waals surface area (Å²) in [6, 6.07) is 0. The molecule has 0 spiro atoms. The summed E-state index contributed by atoms with van der Waals surface area (Å²) in [7, 11) is -9.30. The van der Waals surface area contributed by atoms with Gasteiger partial charge in [-0.2, -0.15) is 16.8 Å². The molecule has 228 valence electrons. The van der Waals surface area contributed by atoms with E-state index in [1.807, 2.05) is 0 Å². The molecule has 10 heteroatoms. The van der Waals surface area contributed by atoms with Crippen molar-refractivity contribution in [1.29, 1.82) is 0 Å². The van der Waals surface area contributed by atoms with Crippen molar-refractivity contribution in [1.82, 2.24) is 0 Å². The van der Waals surface area contributed by atoms with E-state index in [0.29, 0.717) is 54.8 Å². The molecule has 4 saturated carbocycles. The molecule has 4 fully saturated rings. The van der Waals surface area contributed by atoms with Crippen LogP contribution in [0.3, 0.4) is 0 Å². The highest BCUT2D eigenvalue weighted by molar-refractivity contribution is 7.81. The van der Waals surface area contributed by atoms with Gasteiger partial charge < -0.3 is 0 Å². The topological polar surface area (TPSA) is 127 Å². The van der Waals surface area contributed by atoms with Crippen molar-refractivity contribution in [2.75, 3.05) is 0 Å². The van der Waals surface area contributed by atoms with Gasteiger partial charge in [0.15, 0.2) is 0 Å². The van der Waals surface area contributed by atoms with Crippen LogP contribution in [0.15, 0.2) is 0 Å². The lowest BCUT2D eigenvalue weighted by Crippen LogP contribution is -2.59. The maximum Gasteiger partial charge on any atom is 0.397 e. The molecule has 4 aliphatic rings. The molecule has 0 heterocycles. The molecule has 0 amide bonds. The van der Waals surface area contributed by atoms with Crippen molar-refractivity contribution in [3.05, 3.63) is 0 Å². The lowest BCUT2D eigenvalue weighted by atomic mass is 9.43. The molecule has 0 aromatic carbocycles. The third kappa shape index (κ3) is 6.56. The highest BCUT2D eigenvalue weighted by Gasteiger charge is 2.63. The molecular weight excluding hydrogens is 540 g/mol. The molecular formula is C29H52O8S2. The minimum atomic E-state index is -4.69. The zero-order chi connectivity index (χ0) is 29.0. The summed E-state index contributed by atoms with van der Waals surface area (Å²) in [5.41, 5.74) is -0.0504. The van der Waals surface area contributed by atoms with E-state index in [9.17, 15) is 25.9 Å². The summed E-state index contributed by atoms with van der Waals surface area (Å²) < 4.78 is 76.0. The summed E-state index contributed by atoms with van der Waals surface area (Å²) in [5.74, 6) is 3.64. The Labute approximate surface area is 237 Å². The van der Waals surface area contributed by atoms with Gasteiger partial charge in [-0.1, -0.05) is 54.4 Å². The van der Waals surface area contributed by atoms with Crippen molar-refractivity contribution >= 4 is 20.8 Å². The van der Waals surface area contributed by atoms with Gasteiger partial charge in [0.25, 0.3) is 0 Å². The Hall–Kier alpha value is -0.260. The van der Waals surface area contributed by atoms with Gasteiger partial charge in [-0.15, -0.1) is 0 Å². The maximum atomic E-state index is 11.9. The smallest absolute Gasteiger partial charge is 0.264 e. The van der Waals surface area contributed by atoms with Crippen molar-refractivity contribution in [3.8, 4) is 0 Å². The Morgan fingerprint density at radius 3 is 2.00 bits per heavy atom. The maximum absolute atomic E-state index is 11.9. The Bertz CT molecular complexity index is 1070. The molecule has 0 saturated heterocycles. The molecule has 39 heavy (non-hydrogen) atoms. The molecule has 4 rings (SSSR count). The first-order valence-corrected chi connectivity index (χ1v) is 18.0. The van der Waals surface area contributed by atoms with Crippen molar-refractivity contribution in [3.63, 3.8) is 0 Å². The van der Waals surface area contributed by atoms with Gasteiger partial charge in [-0.05, 0) is 116 Å². The molecule has 11 atom stereocenters. The third-order valence-corrected chi connectivity index (χ3v) is 13.3. The normalized spacial score (nSPS) is 42.4. The van der Waals surface area contributed by atoms with E-state index in [1.54, 1.807) is 0 Å². The van der Waals surface area contributed by atoms with Crippen LogP contribution in [-0.4, -0.2) is 38.1 Å². The van der Waals surface area contributed by atoms with Crippen LogP contribution in [0.2, 0.25) is 0 Å². The summed E-state index contributed by atoms with van der Waals surface area (Å²) in [6.07, 6.45) is 8.81. The second-order valence-electron chi connectivity index (χ2n) is 14.4. The largest absolute Gasteiger partial charge is 0.397 e. The number of rotatable bonds is 10. The van der Waals surface area contributed by atoms with E-state index in [0.717, 1.165) is 25.2 Å². The Balaban J connectivity index is 1.56. The van der Waals surface area contributed by atoms with E-state index < -0.39 is 33.0 Å². The summed E-state index contributed by atoms with van der Waals surface area (Å²) in [6.45, 7) is 14.1. The van der Waals surface area contributed by atoms with Crippen LogP contribution in [0.4, 0.5) is 0 Å². The number of hydrogen-bond donors (Lipinski definition) is 2. The zero-order valence-electron chi connectivity index (χ0n) is 24.7. The highest BCUT2D eigenvalue weighted by Crippen LogP contribution is 2.69. The minimum absolute atomic E-state index is 0.206. The fourth-order valence-electron chi connectivity index (χ4n) is 10.4. The first kappa shape index (κ1) is 31.7. The van der Waals surface area contributed by atoms with Crippen LogP contribution in [-0.2, 0) is 29.2 Å². The second-order valence-corrected chi connectivity index (χ2v) is 16.5. The average molecular weight is 593 g/mol. The van der Waals surface area contributed by atoms with Crippen LogP contribution >= 0.6 is 0 Å². The van der Waals surface area contributed by atoms with Gasteiger partial charge in [0.05, 0.1) is 12.2 Å². The fourth-order valence-corrected chi connectivity index (χ4v) is 11.5. The monoisotopic (exact) mass is 592 g/mol. The molecule has 0 aromatic heterocycles. The zero-order valence-corrected chi connectivity index (χ0v) is 26.3. The molecule has 0 aliphatic heterocycles. The van der Waals surface area contributed by atoms with Gasteiger partial charge in [0.2, 0.25) is 0 Å². The molecule has 0 aromatic rings. The predicted molar refractivity (Wildman–Crippen MR) is 150 cm³/mol. The SMILES string of the molecule is CC[C@H](CC[C@@H](C)[C@H]1CC[C@H]2[C@@H]3C[C@@H](OS(=O)(=O)O)[C@H]4C[C@@H](OS(=O)(=O)O)CC[C@]4(C)[C@H]3CC[C@]12C)C(C)C. The Morgan fingerprint density at radius 2 is 1.41 bits per heavy atom. The Kier molecular flexibility index (Phi) is 9.29. The van der Waals surface area contributed by atoms with Gasteiger partial charge >= 0.3 is 20.8 Å². The van der Waals surface area contributed by atoms with Crippen molar-refractivity contribution < 1.29 is 34.3 Å². The van der Waals surface area contributed by atoms with E-state index in [2.05, 4.69) is 41.5 Å². The van der Waals surface area contributed by atoms with E-state index >= 15 is 0 Å².